The first-order valence-corrected chi connectivity index (χ1v) is 7.39. The van der Waals surface area contributed by atoms with Gasteiger partial charge in [0, 0.05) is 17.5 Å². The fourth-order valence-corrected chi connectivity index (χ4v) is 3.17. The Morgan fingerprint density at radius 2 is 2.37 bits per heavy atom. The third-order valence-electron chi connectivity index (χ3n) is 3.04. The van der Waals surface area contributed by atoms with Gasteiger partial charge in [0.25, 0.3) is 0 Å². The van der Waals surface area contributed by atoms with Gasteiger partial charge in [-0.2, -0.15) is 0 Å². The maximum atomic E-state index is 6.00. The number of anilines is 1. The maximum Gasteiger partial charge on any atom is 0.134 e. The number of halogens is 1. The molecular weight excluding hydrogens is 282 g/mol. The van der Waals surface area contributed by atoms with Crippen molar-refractivity contribution in [2.75, 3.05) is 24.6 Å². The zero-order valence-electron chi connectivity index (χ0n) is 10.5. The van der Waals surface area contributed by atoms with Crippen molar-refractivity contribution >= 4 is 28.8 Å². The van der Waals surface area contributed by atoms with E-state index in [-0.39, 0.29) is 6.10 Å². The highest BCUT2D eigenvalue weighted by atomic mass is 35.5. The summed E-state index contributed by atoms with van der Waals surface area (Å²) in [4.78, 5) is 12.0. The van der Waals surface area contributed by atoms with Gasteiger partial charge in [0.05, 0.1) is 13.2 Å². The van der Waals surface area contributed by atoms with Crippen molar-refractivity contribution in [2.45, 2.75) is 13.0 Å². The largest absolute Gasteiger partial charge is 0.369 e. The molecule has 1 atom stereocenters. The van der Waals surface area contributed by atoms with E-state index in [0.717, 1.165) is 18.9 Å². The number of nitrogens with zero attached hydrogens (tertiary/aromatic N) is 3. The van der Waals surface area contributed by atoms with Gasteiger partial charge in [-0.25, -0.2) is 9.97 Å². The van der Waals surface area contributed by atoms with Crippen LogP contribution in [0.1, 0.15) is 16.8 Å². The number of aryl methyl sites for hydroxylation is 1. The third-order valence-corrected chi connectivity index (χ3v) is 4.20. The minimum Gasteiger partial charge on any atom is -0.369 e. The number of aromatic nitrogens is 2. The molecule has 1 aliphatic rings. The number of thiophene rings is 1. The topological polar surface area (TPSA) is 38.2 Å². The summed E-state index contributed by atoms with van der Waals surface area (Å²) in [6.45, 7) is 4.18. The highest BCUT2D eigenvalue weighted by molar-refractivity contribution is 7.10. The molecule has 1 aliphatic heterocycles. The highest BCUT2D eigenvalue weighted by Crippen LogP contribution is 2.28. The zero-order chi connectivity index (χ0) is 13.2. The van der Waals surface area contributed by atoms with Crippen LogP contribution in [0.5, 0.6) is 0 Å². The van der Waals surface area contributed by atoms with Crippen molar-refractivity contribution in [2.24, 2.45) is 0 Å². The van der Waals surface area contributed by atoms with E-state index in [2.05, 4.69) is 26.3 Å². The first kappa shape index (κ1) is 12.8. The minimum atomic E-state index is 0.114. The molecule has 3 rings (SSSR count). The molecule has 1 unspecified atom stereocenters. The Morgan fingerprint density at radius 1 is 1.47 bits per heavy atom. The van der Waals surface area contributed by atoms with Crippen LogP contribution in [0.3, 0.4) is 0 Å². The van der Waals surface area contributed by atoms with E-state index in [1.165, 1.54) is 4.88 Å². The van der Waals surface area contributed by atoms with Crippen LogP contribution in [0.4, 0.5) is 5.82 Å². The standard InChI is InChI=1S/C13H14ClN3OS/c1-9-15-12(14)7-13(16-9)17-4-5-18-10(8-17)11-3-2-6-19-11/h2-3,6-7,10H,4-5,8H2,1H3. The fraction of sp³-hybridized carbons (Fsp3) is 0.385. The number of hydrogen-bond acceptors (Lipinski definition) is 5. The van der Waals surface area contributed by atoms with Crippen LogP contribution in [0, 0.1) is 6.92 Å². The molecule has 1 saturated heterocycles. The van der Waals surface area contributed by atoms with E-state index in [9.17, 15) is 0 Å². The van der Waals surface area contributed by atoms with Crippen molar-refractivity contribution in [1.29, 1.82) is 0 Å². The average molecular weight is 296 g/mol. The van der Waals surface area contributed by atoms with Gasteiger partial charge in [0.1, 0.15) is 22.9 Å². The average Bonchev–Trinajstić information content (AvgIpc) is 2.92. The lowest BCUT2D eigenvalue weighted by Crippen LogP contribution is -2.38. The van der Waals surface area contributed by atoms with Gasteiger partial charge in [-0.1, -0.05) is 17.7 Å². The van der Waals surface area contributed by atoms with Crippen LogP contribution < -0.4 is 4.90 Å². The lowest BCUT2D eigenvalue weighted by Gasteiger charge is -2.33. The Balaban J connectivity index is 1.81. The van der Waals surface area contributed by atoms with Gasteiger partial charge >= 0.3 is 0 Å². The first-order chi connectivity index (χ1) is 9.22. The van der Waals surface area contributed by atoms with Gasteiger partial charge < -0.3 is 9.64 Å². The number of rotatable bonds is 2. The van der Waals surface area contributed by atoms with Crippen molar-refractivity contribution in [3.63, 3.8) is 0 Å². The minimum absolute atomic E-state index is 0.114. The predicted molar refractivity (Wildman–Crippen MR) is 77.0 cm³/mol. The second kappa shape index (κ2) is 5.45. The lowest BCUT2D eigenvalue weighted by molar-refractivity contribution is 0.0418. The molecule has 2 aromatic heterocycles. The molecule has 0 amide bonds. The molecule has 2 aromatic rings. The number of morpholine rings is 1. The van der Waals surface area contributed by atoms with Crippen LogP contribution in [-0.4, -0.2) is 29.7 Å². The number of ether oxygens (including phenoxy) is 1. The van der Waals surface area contributed by atoms with Gasteiger partial charge in [-0.05, 0) is 18.4 Å². The van der Waals surface area contributed by atoms with Crippen molar-refractivity contribution in [3.05, 3.63) is 39.4 Å². The summed E-state index contributed by atoms with van der Waals surface area (Å²) in [7, 11) is 0. The Kier molecular flexibility index (Phi) is 3.68. The Bertz CT molecular complexity index is 541. The summed E-state index contributed by atoms with van der Waals surface area (Å²) in [6.07, 6.45) is 0.114. The Morgan fingerprint density at radius 3 is 3.11 bits per heavy atom. The molecule has 1 fully saturated rings. The molecule has 100 valence electrons. The molecule has 19 heavy (non-hydrogen) atoms. The molecule has 0 bridgehead atoms. The SMILES string of the molecule is Cc1nc(Cl)cc(N2CCOC(c3cccs3)C2)n1. The summed E-state index contributed by atoms with van der Waals surface area (Å²) >= 11 is 7.72. The van der Waals surface area contributed by atoms with Crippen molar-refractivity contribution in [3.8, 4) is 0 Å². The molecule has 0 aromatic carbocycles. The smallest absolute Gasteiger partial charge is 0.134 e. The molecule has 0 N–H and O–H groups in total. The molecule has 6 heteroatoms. The number of hydrogen-bond donors (Lipinski definition) is 0. The fourth-order valence-electron chi connectivity index (χ4n) is 2.18. The van der Waals surface area contributed by atoms with Gasteiger partial charge in [0.2, 0.25) is 0 Å². The third kappa shape index (κ3) is 2.88. The molecule has 0 spiro atoms. The van der Waals surface area contributed by atoms with E-state index in [0.29, 0.717) is 17.6 Å². The molecular formula is C13H14ClN3OS. The van der Waals surface area contributed by atoms with Gasteiger partial charge in [-0.3, -0.25) is 0 Å². The van der Waals surface area contributed by atoms with E-state index in [4.69, 9.17) is 16.3 Å². The van der Waals surface area contributed by atoms with Crippen LogP contribution >= 0.6 is 22.9 Å². The van der Waals surface area contributed by atoms with Crippen molar-refractivity contribution in [1.82, 2.24) is 9.97 Å². The van der Waals surface area contributed by atoms with E-state index in [1.54, 1.807) is 11.3 Å². The van der Waals surface area contributed by atoms with Crippen LogP contribution in [0.15, 0.2) is 23.6 Å². The van der Waals surface area contributed by atoms with Crippen LogP contribution in [0.2, 0.25) is 5.15 Å². The summed E-state index contributed by atoms with van der Waals surface area (Å²) in [6, 6.07) is 5.97. The van der Waals surface area contributed by atoms with E-state index >= 15 is 0 Å². The van der Waals surface area contributed by atoms with Gasteiger partial charge in [0.15, 0.2) is 0 Å². The lowest BCUT2D eigenvalue weighted by atomic mass is 10.2. The predicted octanol–water partition coefficient (Wildman–Crippen LogP) is 3.08. The van der Waals surface area contributed by atoms with Gasteiger partial charge in [-0.15, -0.1) is 11.3 Å². The maximum absolute atomic E-state index is 6.00. The Labute approximate surface area is 121 Å². The highest BCUT2D eigenvalue weighted by Gasteiger charge is 2.24. The van der Waals surface area contributed by atoms with E-state index < -0.39 is 0 Å². The molecule has 0 saturated carbocycles. The van der Waals surface area contributed by atoms with Crippen molar-refractivity contribution < 1.29 is 4.74 Å². The van der Waals surface area contributed by atoms with Crippen LogP contribution in [0.25, 0.3) is 0 Å². The summed E-state index contributed by atoms with van der Waals surface area (Å²) < 4.78 is 5.83. The molecule has 3 heterocycles. The van der Waals surface area contributed by atoms with Crippen LogP contribution in [-0.2, 0) is 4.74 Å². The molecule has 4 nitrogen and oxygen atoms in total. The summed E-state index contributed by atoms with van der Waals surface area (Å²) in [5.74, 6) is 1.57. The quantitative estimate of drug-likeness (QED) is 0.798. The zero-order valence-corrected chi connectivity index (χ0v) is 12.1. The monoisotopic (exact) mass is 295 g/mol. The normalized spacial score (nSPS) is 19.7. The first-order valence-electron chi connectivity index (χ1n) is 6.13. The summed E-state index contributed by atoms with van der Waals surface area (Å²) in [5, 5.41) is 2.56. The second-order valence-electron chi connectivity index (χ2n) is 4.42. The van der Waals surface area contributed by atoms with E-state index in [1.807, 2.05) is 19.1 Å². The second-order valence-corrected chi connectivity index (χ2v) is 5.78. The summed E-state index contributed by atoms with van der Waals surface area (Å²) in [5.41, 5.74) is 0. The molecule has 0 aliphatic carbocycles. The molecule has 0 radical (unpaired) electrons. The Hall–Kier alpha value is -1.17.